The van der Waals surface area contributed by atoms with Gasteiger partial charge in [0.25, 0.3) is 5.69 Å². The number of hydrogen-bond acceptors (Lipinski definition) is 4. The number of phenolic OH excluding ortho intramolecular Hbond substituents is 1. The molecule has 0 radical (unpaired) electrons. The summed E-state index contributed by atoms with van der Waals surface area (Å²) in [6.45, 7) is 1.91. The van der Waals surface area contributed by atoms with Gasteiger partial charge in [-0.05, 0) is 12.5 Å². The lowest BCUT2D eigenvalue weighted by molar-refractivity contribution is -0.385. The van der Waals surface area contributed by atoms with Crippen LogP contribution < -0.4 is 5.73 Å². The SMILES string of the molecule is CCC[C@@H](N)c1c([N+](=O)[O-])ccc(Cl)c1O.Cl. The maximum atomic E-state index is 10.8. The Morgan fingerprint density at radius 3 is 2.65 bits per heavy atom. The van der Waals surface area contributed by atoms with E-state index in [0.29, 0.717) is 6.42 Å². The third kappa shape index (κ3) is 3.46. The lowest BCUT2D eigenvalue weighted by Crippen LogP contribution is -2.12. The van der Waals surface area contributed by atoms with E-state index in [1.807, 2.05) is 6.92 Å². The molecule has 1 aromatic carbocycles. The lowest BCUT2D eigenvalue weighted by Gasteiger charge is -2.13. The third-order valence-corrected chi connectivity index (χ3v) is 2.62. The molecule has 17 heavy (non-hydrogen) atoms. The average Bonchev–Trinajstić information content (AvgIpc) is 2.21. The highest BCUT2D eigenvalue weighted by molar-refractivity contribution is 6.32. The van der Waals surface area contributed by atoms with Crippen molar-refractivity contribution in [2.24, 2.45) is 5.73 Å². The summed E-state index contributed by atoms with van der Waals surface area (Å²) in [6.07, 6.45) is 1.32. The third-order valence-electron chi connectivity index (χ3n) is 2.31. The maximum Gasteiger partial charge on any atom is 0.277 e. The Balaban J connectivity index is 0.00000256. The van der Waals surface area contributed by atoms with Crippen molar-refractivity contribution in [2.45, 2.75) is 25.8 Å². The lowest BCUT2D eigenvalue weighted by atomic mass is 10.0. The van der Waals surface area contributed by atoms with Crippen molar-refractivity contribution in [1.29, 1.82) is 0 Å². The molecule has 0 fully saturated rings. The summed E-state index contributed by atoms with van der Waals surface area (Å²) < 4.78 is 0. The fourth-order valence-electron chi connectivity index (χ4n) is 1.55. The number of nitrogens with zero attached hydrogens (tertiary/aromatic N) is 1. The molecule has 1 aromatic rings. The molecule has 0 aliphatic carbocycles. The van der Waals surface area contributed by atoms with Crippen LogP contribution >= 0.6 is 24.0 Å². The molecule has 0 spiro atoms. The minimum atomic E-state index is -0.580. The van der Waals surface area contributed by atoms with Gasteiger partial charge in [0.2, 0.25) is 0 Å². The predicted octanol–water partition coefficient (Wildman–Crippen LogP) is 3.18. The van der Waals surface area contributed by atoms with Gasteiger partial charge >= 0.3 is 0 Å². The van der Waals surface area contributed by atoms with Gasteiger partial charge < -0.3 is 10.8 Å². The molecule has 0 aromatic heterocycles. The average molecular weight is 281 g/mol. The minimum Gasteiger partial charge on any atom is -0.506 e. The number of hydrogen-bond donors (Lipinski definition) is 2. The molecule has 0 saturated heterocycles. The fraction of sp³-hybridized carbons (Fsp3) is 0.400. The number of rotatable bonds is 4. The molecule has 0 heterocycles. The highest BCUT2D eigenvalue weighted by Crippen LogP contribution is 2.38. The first-order valence-electron chi connectivity index (χ1n) is 4.90. The van der Waals surface area contributed by atoms with Crippen LogP contribution in [-0.4, -0.2) is 10.0 Å². The number of phenols is 1. The van der Waals surface area contributed by atoms with Crippen molar-refractivity contribution >= 4 is 29.7 Å². The van der Waals surface area contributed by atoms with Gasteiger partial charge in [0.15, 0.2) is 0 Å². The van der Waals surface area contributed by atoms with Crippen LogP contribution in [0.4, 0.5) is 5.69 Å². The van der Waals surface area contributed by atoms with Gasteiger partial charge in [0, 0.05) is 12.1 Å². The van der Waals surface area contributed by atoms with Gasteiger partial charge in [0.05, 0.1) is 15.5 Å². The Hall–Kier alpha value is -1.04. The quantitative estimate of drug-likeness (QED) is 0.655. The molecule has 0 aliphatic rings. The Labute approximate surface area is 110 Å². The van der Waals surface area contributed by atoms with Gasteiger partial charge in [0.1, 0.15) is 5.75 Å². The maximum absolute atomic E-state index is 10.8. The van der Waals surface area contributed by atoms with Crippen LogP contribution in [0.25, 0.3) is 0 Å². The number of nitrogens with two attached hydrogens (primary N) is 1. The van der Waals surface area contributed by atoms with E-state index in [1.165, 1.54) is 12.1 Å². The number of halogens is 2. The second-order valence-corrected chi connectivity index (χ2v) is 3.89. The van der Waals surface area contributed by atoms with Crippen LogP contribution in [-0.2, 0) is 0 Å². The molecule has 5 nitrogen and oxygen atoms in total. The monoisotopic (exact) mass is 280 g/mol. The van der Waals surface area contributed by atoms with E-state index in [4.69, 9.17) is 17.3 Å². The zero-order valence-corrected chi connectivity index (χ0v) is 10.8. The summed E-state index contributed by atoms with van der Waals surface area (Å²) in [5.74, 6) is -0.295. The Morgan fingerprint density at radius 2 is 2.18 bits per heavy atom. The van der Waals surface area contributed by atoms with Crippen molar-refractivity contribution < 1.29 is 10.0 Å². The van der Waals surface area contributed by atoms with E-state index >= 15 is 0 Å². The minimum absolute atomic E-state index is 0. The molecule has 0 bridgehead atoms. The van der Waals surface area contributed by atoms with Crippen molar-refractivity contribution in [3.8, 4) is 5.75 Å². The highest BCUT2D eigenvalue weighted by Gasteiger charge is 2.24. The highest BCUT2D eigenvalue weighted by atomic mass is 35.5. The van der Waals surface area contributed by atoms with Crippen LogP contribution in [0.3, 0.4) is 0 Å². The van der Waals surface area contributed by atoms with E-state index in [2.05, 4.69) is 0 Å². The van der Waals surface area contributed by atoms with E-state index in [1.54, 1.807) is 0 Å². The zero-order chi connectivity index (χ0) is 12.3. The smallest absolute Gasteiger partial charge is 0.277 e. The van der Waals surface area contributed by atoms with Crippen LogP contribution in [0.15, 0.2) is 12.1 Å². The number of nitro groups is 1. The zero-order valence-electron chi connectivity index (χ0n) is 9.22. The molecular weight excluding hydrogens is 267 g/mol. The first kappa shape index (κ1) is 16.0. The van der Waals surface area contributed by atoms with Crippen LogP contribution in [0, 0.1) is 10.1 Å². The van der Waals surface area contributed by atoms with Gasteiger partial charge in [-0.25, -0.2) is 0 Å². The largest absolute Gasteiger partial charge is 0.506 e. The van der Waals surface area contributed by atoms with Gasteiger partial charge in [-0.15, -0.1) is 12.4 Å². The summed E-state index contributed by atoms with van der Waals surface area (Å²) in [4.78, 5) is 10.2. The van der Waals surface area contributed by atoms with Crippen LogP contribution in [0.1, 0.15) is 31.4 Å². The molecule has 96 valence electrons. The van der Waals surface area contributed by atoms with Crippen molar-refractivity contribution in [1.82, 2.24) is 0 Å². The summed E-state index contributed by atoms with van der Waals surface area (Å²) in [5, 5.41) is 20.6. The topological polar surface area (TPSA) is 89.4 Å². The first-order valence-corrected chi connectivity index (χ1v) is 5.28. The molecule has 1 atom stereocenters. The van der Waals surface area contributed by atoms with Gasteiger partial charge in [-0.3, -0.25) is 10.1 Å². The van der Waals surface area contributed by atoms with Gasteiger partial charge in [-0.1, -0.05) is 24.9 Å². The molecule has 1 rings (SSSR count). The molecule has 0 saturated carbocycles. The van der Waals surface area contributed by atoms with E-state index in [-0.39, 0.29) is 34.4 Å². The van der Waals surface area contributed by atoms with Crippen LogP contribution in [0.2, 0.25) is 5.02 Å². The fourth-order valence-corrected chi connectivity index (χ4v) is 1.72. The van der Waals surface area contributed by atoms with Crippen molar-refractivity contribution in [3.63, 3.8) is 0 Å². The Bertz CT molecular complexity index is 413. The van der Waals surface area contributed by atoms with Crippen LogP contribution in [0.5, 0.6) is 5.75 Å². The van der Waals surface area contributed by atoms with Crippen molar-refractivity contribution in [2.75, 3.05) is 0 Å². The van der Waals surface area contributed by atoms with E-state index in [0.717, 1.165) is 6.42 Å². The first-order chi connectivity index (χ1) is 7.49. The summed E-state index contributed by atoms with van der Waals surface area (Å²) in [5.41, 5.74) is 5.71. The Morgan fingerprint density at radius 1 is 1.59 bits per heavy atom. The number of aromatic hydroxyl groups is 1. The standard InChI is InChI=1S/C10H13ClN2O3.ClH/c1-2-3-7(12)9-8(13(15)16)5-4-6(11)10(9)14;/h4-5,7,14H,2-3,12H2,1H3;1H/t7-;/m1./s1. The summed E-state index contributed by atoms with van der Waals surface area (Å²) in [6, 6.07) is 1.97. The molecule has 0 amide bonds. The molecular formula is C10H14Cl2N2O3. The van der Waals surface area contributed by atoms with Crippen molar-refractivity contribution in [3.05, 3.63) is 32.8 Å². The second kappa shape index (κ2) is 6.64. The Kier molecular flexibility index (Phi) is 6.23. The second-order valence-electron chi connectivity index (χ2n) is 3.48. The normalized spacial score (nSPS) is 11.7. The molecule has 0 unspecified atom stereocenters. The molecule has 0 aliphatic heterocycles. The summed E-state index contributed by atoms with van der Waals surface area (Å²) in [7, 11) is 0. The number of nitro benzene ring substituents is 1. The molecule has 3 N–H and O–H groups in total. The molecule has 7 heteroatoms. The summed E-state index contributed by atoms with van der Waals surface area (Å²) >= 11 is 5.71. The van der Waals surface area contributed by atoms with E-state index in [9.17, 15) is 15.2 Å². The van der Waals surface area contributed by atoms with Gasteiger partial charge in [-0.2, -0.15) is 0 Å². The predicted molar refractivity (Wildman–Crippen MR) is 68.9 cm³/mol. The van der Waals surface area contributed by atoms with E-state index < -0.39 is 11.0 Å². The number of benzene rings is 1.